The molecule has 0 aliphatic heterocycles. The van der Waals surface area contributed by atoms with Crippen molar-refractivity contribution in [1.82, 2.24) is 0 Å². The maximum atomic E-state index is 12.1. The van der Waals surface area contributed by atoms with Gasteiger partial charge >= 0.3 is 5.97 Å². The highest BCUT2D eigenvalue weighted by atomic mass is 16.5. The molecule has 0 saturated heterocycles. The van der Waals surface area contributed by atoms with Gasteiger partial charge in [-0.05, 0) is 42.5 Å². The molecule has 6 nitrogen and oxygen atoms in total. The van der Waals surface area contributed by atoms with Gasteiger partial charge in [0, 0.05) is 23.2 Å². The summed E-state index contributed by atoms with van der Waals surface area (Å²) in [5.41, 5.74) is 3.36. The predicted octanol–water partition coefficient (Wildman–Crippen LogP) is 4.36. The van der Waals surface area contributed by atoms with E-state index in [1.54, 1.807) is 6.07 Å². The van der Waals surface area contributed by atoms with E-state index in [1.165, 1.54) is 0 Å². The molecule has 3 rings (SSSR count). The number of rotatable bonds is 7. The van der Waals surface area contributed by atoms with Crippen molar-refractivity contribution in [2.75, 3.05) is 17.2 Å². The summed E-state index contributed by atoms with van der Waals surface area (Å²) >= 11 is 0. The van der Waals surface area contributed by atoms with Crippen LogP contribution < -0.4 is 10.6 Å². The number of benzene rings is 3. The van der Waals surface area contributed by atoms with E-state index in [0.717, 1.165) is 27.6 Å². The molecule has 0 unspecified atom stereocenters. The molecule has 0 saturated carbocycles. The number of nitrogens with one attached hydrogen (secondary N) is 2. The first kappa shape index (κ1) is 21.0. The van der Waals surface area contributed by atoms with Crippen LogP contribution in [0.1, 0.15) is 24.0 Å². The Bertz CT molecular complexity index is 1090. The molecule has 154 valence electrons. The van der Waals surface area contributed by atoms with Gasteiger partial charge in [0.25, 0.3) is 5.91 Å². The van der Waals surface area contributed by atoms with Gasteiger partial charge < -0.3 is 15.4 Å². The van der Waals surface area contributed by atoms with Gasteiger partial charge in [-0.1, -0.05) is 48.5 Å². The first-order valence-electron chi connectivity index (χ1n) is 9.73. The highest BCUT2D eigenvalue weighted by molar-refractivity contribution is 6.02. The Balaban J connectivity index is 1.44. The van der Waals surface area contributed by atoms with Crippen molar-refractivity contribution in [3.8, 4) is 0 Å². The first-order valence-corrected chi connectivity index (χ1v) is 9.73. The molecule has 0 aliphatic rings. The van der Waals surface area contributed by atoms with E-state index in [-0.39, 0.29) is 18.7 Å². The molecule has 3 aromatic rings. The van der Waals surface area contributed by atoms with Crippen LogP contribution in [0, 0.1) is 13.8 Å². The quantitative estimate of drug-likeness (QED) is 0.573. The number of carbonyl (C=O) groups excluding carboxylic acids is 3. The van der Waals surface area contributed by atoms with Crippen LogP contribution in [-0.4, -0.2) is 24.4 Å². The maximum Gasteiger partial charge on any atom is 0.306 e. The number of anilines is 2. The second-order valence-electron chi connectivity index (χ2n) is 7.10. The third-order valence-corrected chi connectivity index (χ3v) is 4.65. The van der Waals surface area contributed by atoms with Crippen LogP contribution in [-0.2, 0) is 19.1 Å². The molecule has 2 N–H and O–H groups in total. The van der Waals surface area contributed by atoms with E-state index in [2.05, 4.69) is 10.6 Å². The van der Waals surface area contributed by atoms with E-state index in [0.29, 0.717) is 5.69 Å². The second-order valence-corrected chi connectivity index (χ2v) is 7.10. The molecule has 0 atom stereocenters. The molecule has 2 amide bonds. The molecule has 6 heteroatoms. The maximum absolute atomic E-state index is 12.1. The Morgan fingerprint density at radius 3 is 2.37 bits per heavy atom. The zero-order valence-electron chi connectivity index (χ0n) is 17.0. The van der Waals surface area contributed by atoms with Crippen LogP contribution in [0.25, 0.3) is 10.8 Å². The fourth-order valence-electron chi connectivity index (χ4n) is 3.04. The van der Waals surface area contributed by atoms with Crippen molar-refractivity contribution in [3.63, 3.8) is 0 Å². The Kier molecular flexibility index (Phi) is 6.80. The standard InChI is InChI=1S/C24H24N2O4/c1-16-10-11-17(2)21(14-16)26-22(27)12-13-24(29)30-15-23(28)25-20-9-5-7-18-6-3-4-8-19(18)20/h3-11,14H,12-13,15H2,1-2H3,(H,25,28)(H,26,27). The smallest absolute Gasteiger partial charge is 0.306 e. The highest BCUT2D eigenvalue weighted by Gasteiger charge is 2.12. The van der Waals surface area contributed by atoms with Gasteiger partial charge in [0.15, 0.2) is 6.61 Å². The molecular formula is C24H24N2O4. The molecule has 0 fully saturated rings. The summed E-state index contributed by atoms with van der Waals surface area (Å²) in [5.74, 6) is -1.31. The molecule has 0 spiro atoms. The van der Waals surface area contributed by atoms with Crippen molar-refractivity contribution in [1.29, 1.82) is 0 Å². The number of hydrogen-bond acceptors (Lipinski definition) is 4. The van der Waals surface area contributed by atoms with Crippen molar-refractivity contribution in [2.45, 2.75) is 26.7 Å². The number of aryl methyl sites for hydroxylation is 2. The molecular weight excluding hydrogens is 380 g/mol. The number of hydrogen-bond donors (Lipinski definition) is 2. The molecule has 0 heterocycles. The molecule has 0 radical (unpaired) electrons. The average Bonchev–Trinajstić information content (AvgIpc) is 2.73. The van der Waals surface area contributed by atoms with E-state index in [9.17, 15) is 14.4 Å². The van der Waals surface area contributed by atoms with E-state index < -0.39 is 18.5 Å². The van der Waals surface area contributed by atoms with Crippen molar-refractivity contribution < 1.29 is 19.1 Å². The summed E-state index contributed by atoms with van der Waals surface area (Å²) in [6.45, 7) is 3.44. The summed E-state index contributed by atoms with van der Waals surface area (Å²) in [7, 11) is 0. The minimum atomic E-state index is -0.598. The van der Waals surface area contributed by atoms with E-state index in [4.69, 9.17) is 4.74 Å². The highest BCUT2D eigenvalue weighted by Crippen LogP contribution is 2.22. The van der Waals surface area contributed by atoms with Gasteiger partial charge in [0.1, 0.15) is 0 Å². The number of carbonyl (C=O) groups is 3. The van der Waals surface area contributed by atoms with Crippen LogP contribution in [0.5, 0.6) is 0 Å². The van der Waals surface area contributed by atoms with Gasteiger partial charge in [-0.3, -0.25) is 14.4 Å². The van der Waals surface area contributed by atoms with Gasteiger partial charge in [0.05, 0.1) is 6.42 Å². The third kappa shape index (κ3) is 5.67. The molecule has 0 aliphatic carbocycles. The van der Waals surface area contributed by atoms with Crippen LogP contribution in [0.4, 0.5) is 11.4 Å². The van der Waals surface area contributed by atoms with Gasteiger partial charge in [-0.25, -0.2) is 0 Å². The average molecular weight is 404 g/mol. The summed E-state index contributed by atoms with van der Waals surface area (Å²) in [6.07, 6.45) is -0.116. The minimum Gasteiger partial charge on any atom is -0.456 e. The van der Waals surface area contributed by atoms with Crippen molar-refractivity contribution in [3.05, 3.63) is 71.8 Å². The lowest BCUT2D eigenvalue weighted by molar-refractivity contribution is -0.147. The zero-order chi connectivity index (χ0) is 21.5. The van der Waals surface area contributed by atoms with Gasteiger partial charge in [-0.2, -0.15) is 0 Å². The van der Waals surface area contributed by atoms with Crippen molar-refractivity contribution in [2.24, 2.45) is 0 Å². The Morgan fingerprint density at radius 1 is 0.800 bits per heavy atom. The van der Waals surface area contributed by atoms with Gasteiger partial charge in [-0.15, -0.1) is 0 Å². The Labute approximate surface area is 175 Å². The van der Waals surface area contributed by atoms with Crippen LogP contribution >= 0.6 is 0 Å². The summed E-state index contributed by atoms with van der Waals surface area (Å²) in [6, 6.07) is 19.0. The lowest BCUT2D eigenvalue weighted by Crippen LogP contribution is -2.22. The third-order valence-electron chi connectivity index (χ3n) is 4.65. The number of esters is 1. The molecule has 30 heavy (non-hydrogen) atoms. The lowest BCUT2D eigenvalue weighted by atomic mass is 10.1. The monoisotopic (exact) mass is 404 g/mol. The molecule has 0 aromatic heterocycles. The summed E-state index contributed by atoms with van der Waals surface area (Å²) in [4.78, 5) is 36.1. The molecule has 3 aromatic carbocycles. The SMILES string of the molecule is Cc1ccc(C)c(NC(=O)CCC(=O)OCC(=O)Nc2cccc3ccccc23)c1. The summed E-state index contributed by atoms with van der Waals surface area (Å²) in [5, 5.41) is 7.46. The molecule has 0 bridgehead atoms. The topological polar surface area (TPSA) is 84.5 Å². The van der Waals surface area contributed by atoms with Gasteiger partial charge in [0.2, 0.25) is 5.91 Å². The van der Waals surface area contributed by atoms with E-state index >= 15 is 0 Å². The minimum absolute atomic E-state index is 0.0167. The van der Waals surface area contributed by atoms with Crippen LogP contribution in [0.2, 0.25) is 0 Å². The number of fused-ring (bicyclic) bond motifs is 1. The Morgan fingerprint density at radius 2 is 1.53 bits per heavy atom. The number of amides is 2. The van der Waals surface area contributed by atoms with Crippen molar-refractivity contribution >= 4 is 39.9 Å². The first-order chi connectivity index (χ1) is 14.4. The zero-order valence-corrected chi connectivity index (χ0v) is 17.0. The normalized spacial score (nSPS) is 10.5. The summed E-state index contributed by atoms with van der Waals surface area (Å²) < 4.78 is 5.00. The van der Waals surface area contributed by atoms with E-state index in [1.807, 2.05) is 68.4 Å². The second kappa shape index (κ2) is 9.69. The lowest BCUT2D eigenvalue weighted by Gasteiger charge is -2.10. The fraction of sp³-hybridized carbons (Fsp3) is 0.208. The van der Waals surface area contributed by atoms with Crippen LogP contribution in [0.3, 0.4) is 0 Å². The largest absolute Gasteiger partial charge is 0.456 e. The predicted molar refractivity (Wildman–Crippen MR) is 117 cm³/mol. The number of ether oxygens (including phenoxy) is 1. The fourth-order valence-corrected chi connectivity index (χ4v) is 3.04. The Hall–Kier alpha value is -3.67. The van der Waals surface area contributed by atoms with Crippen LogP contribution in [0.15, 0.2) is 60.7 Å².